The summed E-state index contributed by atoms with van der Waals surface area (Å²) in [7, 11) is 0. The Balaban J connectivity index is 2.10. The standard InChI is InChI=1S/C16H17NO/c18-16-15(9-3-4-11-17-16)14-10-5-7-12-6-1-2-8-13(12)14/h1-2,5-8,10,15H,3-4,9,11H2,(H,17,18). The van der Waals surface area contributed by atoms with Crippen LogP contribution in [0.4, 0.5) is 0 Å². The summed E-state index contributed by atoms with van der Waals surface area (Å²) in [6.07, 6.45) is 3.17. The van der Waals surface area contributed by atoms with Gasteiger partial charge in [0.05, 0.1) is 5.92 Å². The summed E-state index contributed by atoms with van der Waals surface area (Å²) in [6.45, 7) is 0.820. The van der Waals surface area contributed by atoms with Crippen LogP contribution in [0.3, 0.4) is 0 Å². The average Bonchev–Trinajstić information content (AvgIpc) is 2.63. The molecule has 1 saturated heterocycles. The first-order valence-corrected chi connectivity index (χ1v) is 6.61. The van der Waals surface area contributed by atoms with Crippen molar-refractivity contribution in [1.29, 1.82) is 0 Å². The Kier molecular flexibility index (Phi) is 3.01. The number of hydrogen-bond acceptors (Lipinski definition) is 1. The highest BCUT2D eigenvalue weighted by Gasteiger charge is 2.23. The van der Waals surface area contributed by atoms with E-state index in [4.69, 9.17) is 0 Å². The van der Waals surface area contributed by atoms with Crippen LogP contribution in [0.1, 0.15) is 30.7 Å². The molecular formula is C16H17NO. The second-order valence-electron chi connectivity index (χ2n) is 4.91. The molecule has 0 aliphatic carbocycles. The molecule has 1 aliphatic heterocycles. The highest BCUT2D eigenvalue weighted by molar-refractivity contribution is 5.93. The number of nitrogens with one attached hydrogen (secondary N) is 1. The van der Waals surface area contributed by atoms with E-state index < -0.39 is 0 Å². The summed E-state index contributed by atoms with van der Waals surface area (Å²) in [5, 5.41) is 5.44. The zero-order chi connectivity index (χ0) is 12.4. The molecule has 1 N–H and O–H groups in total. The Labute approximate surface area is 107 Å². The lowest BCUT2D eigenvalue weighted by Gasteiger charge is -2.16. The first-order valence-electron chi connectivity index (χ1n) is 6.61. The van der Waals surface area contributed by atoms with Gasteiger partial charge in [0.25, 0.3) is 0 Å². The highest BCUT2D eigenvalue weighted by atomic mass is 16.1. The van der Waals surface area contributed by atoms with Crippen LogP contribution >= 0.6 is 0 Å². The third kappa shape index (κ3) is 1.99. The van der Waals surface area contributed by atoms with Gasteiger partial charge in [0.1, 0.15) is 0 Å². The van der Waals surface area contributed by atoms with Gasteiger partial charge < -0.3 is 5.32 Å². The third-order valence-electron chi connectivity index (χ3n) is 3.73. The fourth-order valence-electron chi connectivity index (χ4n) is 2.79. The third-order valence-corrected chi connectivity index (χ3v) is 3.73. The molecule has 0 saturated carbocycles. The molecule has 2 aromatic rings. The molecule has 0 spiro atoms. The van der Waals surface area contributed by atoms with E-state index in [1.165, 1.54) is 16.3 Å². The molecule has 1 fully saturated rings. The van der Waals surface area contributed by atoms with Gasteiger partial charge in [-0.3, -0.25) is 4.79 Å². The van der Waals surface area contributed by atoms with Gasteiger partial charge in [0.15, 0.2) is 0 Å². The van der Waals surface area contributed by atoms with Crippen LogP contribution in [-0.2, 0) is 4.79 Å². The van der Waals surface area contributed by atoms with E-state index in [0.29, 0.717) is 0 Å². The lowest BCUT2D eigenvalue weighted by atomic mass is 9.90. The Bertz CT molecular complexity index is 571. The minimum Gasteiger partial charge on any atom is -0.356 e. The molecule has 0 bridgehead atoms. The maximum atomic E-state index is 12.1. The molecule has 1 unspecified atom stereocenters. The van der Waals surface area contributed by atoms with Crippen molar-refractivity contribution in [2.45, 2.75) is 25.2 Å². The number of hydrogen-bond donors (Lipinski definition) is 1. The van der Waals surface area contributed by atoms with Crippen LogP contribution in [0, 0.1) is 0 Å². The molecule has 1 atom stereocenters. The Morgan fingerprint density at radius 3 is 2.78 bits per heavy atom. The zero-order valence-electron chi connectivity index (χ0n) is 10.4. The molecule has 1 amide bonds. The first kappa shape index (κ1) is 11.3. The second kappa shape index (κ2) is 4.81. The van der Waals surface area contributed by atoms with Crippen molar-refractivity contribution >= 4 is 16.7 Å². The highest BCUT2D eigenvalue weighted by Crippen LogP contribution is 2.30. The maximum absolute atomic E-state index is 12.1. The number of rotatable bonds is 1. The number of amides is 1. The number of carbonyl (C=O) groups is 1. The average molecular weight is 239 g/mol. The fraction of sp³-hybridized carbons (Fsp3) is 0.312. The summed E-state index contributed by atoms with van der Waals surface area (Å²) < 4.78 is 0. The molecule has 18 heavy (non-hydrogen) atoms. The Hall–Kier alpha value is -1.83. The van der Waals surface area contributed by atoms with Crippen LogP contribution in [0.25, 0.3) is 10.8 Å². The molecule has 1 aliphatic rings. The fourth-order valence-corrected chi connectivity index (χ4v) is 2.79. The predicted molar refractivity (Wildman–Crippen MR) is 73.5 cm³/mol. The molecule has 3 rings (SSSR count). The topological polar surface area (TPSA) is 29.1 Å². The van der Waals surface area contributed by atoms with Gasteiger partial charge in [-0.1, -0.05) is 48.9 Å². The van der Waals surface area contributed by atoms with Crippen LogP contribution in [0.15, 0.2) is 42.5 Å². The van der Waals surface area contributed by atoms with Crippen molar-refractivity contribution < 1.29 is 4.79 Å². The van der Waals surface area contributed by atoms with Crippen LogP contribution in [0.2, 0.25) is 0 Å². The summed E-state index contributed by atoms with van der Waals surface area (Å²) in [5.41, 5.74) is 1.17. The Morgan fingerprint density at radius 2 is 1.83 bits per heavy atom. The Morgan fingerprint density at radius 1 is 1.00 bits per heavy atom. The van der Waals surface area contributed by atoms with E-state index in [-0.39, 0.29) is 11.8 Å². The lowest BCUT2D eigenvalue weighted by molar-refractivity contribution is -0.122. The normalized spacial score (nSPS) is 20.4. The molecular weight excluding hydrogens is 222 g/mol. The van der Waals surface area contributed by atoms with E-state index in [1.54, 1.807) is 0 Å². The first-order chi connectivity index (χ1) is 8.86. The molecule has 2 nitrogen and oxygen atoms in total. The molecule has 2 aromatic carbocycles. The van der Waals surface area contributed by atoms with E-state index in [2.05, 4.69) is 35.6 Å². The predicted octanol–water partition coefficient (Wildman–Crippen LogP) is 3.22. The quantitative estimate of drug-likeness (QED) is 0.813. The minimum absolute atomic E-state index is 0.0126. The van der Waals surface area contributed by atoms with E-state index >= 15 is 0 Å². The van der Waals surface area contributed by atoms with Gasteiger partial charge in [-0.15, -0.1) is 0 Å². The van der Waals surface area contributed by atoms with Crippen LogP contribution < -0.4 is 5.32 Å². The van der Waals surface area contributed by atoms with Crippen LogP contribution in [0.5, 0.6) is 0 Å². The number of fused-ring (bicyclic) bond motifs is 1. The summed E-state index contributed by atoms with van der Waals surface area (Å²) in [5.74, 6) is 0.197. The summed E-state index contributed by atoms with van der Waals surface area (Å²) >= 11 is 0. The van der Waals surface area contributed by atoms with Gasteiger partial charge in [0, 0.05) is 6.54 Å². The second-order valence-corrected chi connectivity index (χ2v) is 4.91. The van der Waals surface area contributed by atoms with Gasteiger partial charge in [-0.05, 0) is 29.2 Å². The SMILES string of the molecule is O=C1NCCCCC1c1cccc2ccccc12. The van der Waals surface area contributed by atoms with E-state index in [1.807, 2.05) is 12.1 Å². The van der Waals surface area contributed by atoms with Crippen molar-refractivity contribution in [3.8, 4) is 0 Å². The minimum atomic E-state index is 0.0126. The number of benzene rings is 2. The molecule has 2 heteroatoms. The van der Waals surface area contributed by atoms with Crippen molar-refractivity contribution in [2.24, 2.45) is 0 Å². The van der Waals surface area contributed by atoms with E-state index in [0.717, 1.165) is 25.8 Å². The van der Waals surface area contributed by atoms with Crippen LogP contribution in [-0.4, -0.2) is 12.5 Å². The van der Waals surface area contributed by atoms with Gasteiger partial charge in [-0.2, -0.15) is 0 Å². The molecule has 0 aromatic heterocycles. The van der Waals surface area contributed by atoms with Crippen molar-refractivity contribution in [3.63, 3.8) is 0 Å². The van der Waals surface area contributed by atoms with Crippen molar-refractivity contribution in [1.82, 2.24) is 5.32 Å². The monoisotopic (exact) mass is 239 g/mol. The van der Waals surface area contributed by atoms with Crippen molar-refractivity contribution in [2.75, 3.05) is 6.54 Å². The molecule has 0 radical (unpaired) electrons. The molecule has 92 valence electrons. The zero-order valence-corrected chi connectivity index (χ0v) is 10.4. The van der Waals surface area contributed by atoms with Gasteiger partial charge in [-0.25, -0.2) is 0 Å². The van der Waals surface area contributed by atoms with Crippen molar-refractivity contribution in [3.05, 3.63) is 48.0 Å². The smallest absolute Gasteiger partial charge is 0.227 e. The van der Waals surface area contributed by atoms with Gasteiger partial charge in [0.2, 0.25) is 5.91 Å². The maximum Gasteiger partial charge on any atom is 0.227 e. The summed E-state index contributed by atoms with van der Waals surface area (Å²) in [4.78, 5) is 12.1. The van der Waals surface area contributed by atoms with Gasteiger partial charge >= 0.3 is 0 Å². The lowest BCUT2D eigenvalue weighted by Crippen LogP contribution is -2.27. The number of carbonyl (C=O) groups excluding carboxylic acids is 1. The van der Waals surface area contributed by atoms with E-state index in [9.17, 15) is 4.79 Å². The molecule has 1 heterocycles. The summed E-state index contributed by atoms with van der Waals surface area (Å²) in [6, 6.07) is 14.6. The largest absolute Gasteiger partial charge is 0.356 e.